The van der Waals surface area contributed by atoms with Crippen molar-refractivity contribution in [3.63, 3.8) is 0 Å². The summed E-state index contributed by atoms with van der Waals surface area (Å²) < 4.78 is 38.3. The number of nitrogens with zero attached hydrogens (tertiary/aromatic N) is 10. The molecule has 8 heterocycles. The number of aliphatic imine (C=N–C) groups is 2. The Labute approximate surface area is 541 Å². The molecule has 20 nitrogen and oxygen atoms in total. The van der Waals surface area contributed by atoms with E-state index in [1.54, 1.807) is 22.2 Å². The Kier molecular flexibility index (Phi) is 18.7. The Hall–Kier alpha value is -8.56. The number of rotatable bonds is 13. The maximum Gasteiger partial charge on any atom is 0.338 e. The van der Waals surface area contributed by atoms with Crippen LogP contribution in [0.5, 0.6) is 0 Å². The van der Waals surface area contributed by atoms with Gasteiger partial charge in [0.2, 0.25) is 0 Å². The number of anilines is 1. The molecule has 6 aliphatic heterocycles. The van der Waals surface area contributed by atoms with Crippen LogP contribution < -0.4 is 15.5 Å². The van der Waals surface area contributed by atoms with Crippen molar-refractivity contribution >= 4 is 87.2 Å². The highest BCUT2D eigenvalue weighted by Crippen LogP contribution is 2.45. The molecule has 2 aromatic heterocycles. The number of thiazole rings is 2. The van der Waals surface area contributed by atoms with Crippen LogP contribution in [-0.2, 0) is 24.7 Å². The second-order valence-corrected chi connectivity index (χ2v) is 25.0. The maximum atomic E-state index is 14.0. The van der Waals surface area contributed by atoms with Crippen LogP contribution in [0.25, 0.3) is 0 Å². The second kappa shape index (κ2) is 27.1. The third-order valence-electron chi connectivity index (χ3n) is 16.7. The summed E-state index contributed by atoms with van der Waals surface area (Å²) in [6.45, 7) is 5.22. The number of aromatic nitrogens is 2. The number of fused-ring (bicyclic) bond motifs is 2. The molecule has 4 amide bonds. The molecule has 13 rings (SSSR count). The van der Waals surface area contributed by atoms with Crippen molar-refractivity contribution in [2.24, 2.45) is 9.98 Å². The molecule has 0 radical (unpaired) electrons. The number of amidine groups is 2. The van der Waals surface area contributed by atoms with E-state index < -0.39 is 41.3 Å². The van der Waals surface area contributed by atoms with Gasteiger partial charge in [-0.05, 0) is 79.1 Å². The predicted molar refractivity (Wildman–Crippen MR) is 340 cm³/mol. The summed E-state index contributed by atoms with van der Waals surface area (Å²) in [4.78, 5) is 83.2. The van der Waals surface area contributed by atoms with E-state index in [9.17, 15) is 33.1 Å². The van der Waals surface area contributed by atoms with E-state index >= 15 is 0 Å². The number of piperazine rings is 2. The Morgan fingerprint density at radius 1 is 0.670 bits per heavy atom. The Morgan fingerprint density at radius 2 is 1.16 bits per heavy atom. The molecule has 468 valence electrons. The van der Waals surface area contributed by atoms with Gasteiger partial charge in [-0.2, -0.15) is 0 Å². The number of hydrogen-bond acceptors (Lipinski definition) is 18. The molecule has 0 spiro atoms. The first-order valence-corrected chi connectivity index (χ1v) is 31.7. The van der Waals surface area contributed by atoms with Crippen LogP contribution in [0.2, 0.25) is 10.0 Å². The largest absolute Gasteiger partial charge is 0.466 e. The Morgan fingerprint density at radius 3 is 1.64 bits per heavy atom. The summed E-state index contributed by atoms with van der Waals surface area (Å²) in [6.07, 6.45) is 4.92. The quantitative estimate of drug-likeness (QED) is 0.0657. The van der Waals surface area contributed by atoms with Crippen molar-refractivity contribution in [3.8, 4) is 23.7 Å². The van der Waals surface area contributed by atoms with E-state index in [1.165, 1.54) is 73.3 Å². The fourth-order valence-electron chi connectivity index (χ4n) is 12.0. The smallest absolute Gasteiger partial charge is 0.338 e. The summed E-state index contributed by atoms with van der Waals surface area (Å²) in [5.41, 5.74) is 5.28. The van der Waals surface area contributed by atoms with Gasteiger partial charge in [-0.1, -0.05) is 71.1 Å². The van der Waals surface area contributed by atoms with Crippen LogP contribution in [0.3, 0.4) is 0 Å². The number of urea groups is 2. The molecule has 4 aromatic carbocycles. The molecule has 4 atom stereocenters. The summed E-state index contributed by atoms with van der Waals surface area (Å²) in [7, 11) is 2.61. The highest BCUT2D eigenvalue weighted by molar-refractivity contribution is 7.12. The van der Waals surface area contributed by atoms with Crippen molar-refractivity contribution in [3.05, 3.63) is 190 Å². The van der Waals surface area contributed by atoms with Gasteiger partial charge in [0.25, 0.3) is 0 Å². The predicted octanol–water partition coefficient (Wildman–Crippen LogP) is 7.33. The molecular formula is C65H60Cl2F2N12O8S2. The first-order chi connectivity index (χ1) is 44.1. The number of esters is 2. The average molecular weight is 1310 g/mol. The van der Waals surface area contributed by atoms with Crippen molar-refractivity contribution in [1.82, 2.24) is 45.1 Å². The highest BCUT2D eigenvalue weighted by atomic mass is 35.5. The first-order valence-electron chi connectivity index (χ1n) is 29.2. The number of amides is 4. The standard InChI is InChI=1S/C34H32ClFN6O4S.C31H28ClFN6O4S/c1-46-32(43)28-27(38-30(31-37-12-16-47-31)39-29(28)25-9-8-23(36)17-26(25)35)20-40-14-15-42-24(18-40)19-41(33(42)44)13-2-3-21-4-6-22(7-5-21)34(45)10-11-34;1-43-30(41)26-25(35-28(29-34-10-14-44-29)36-27(26)23-9-6-20(33)15-24(23)32)18-37-11-12-38-22(16-37)17-39(31(38)42)21-7-4-19(5-8-21)3-2-13-40/h4-9,12,16-17,24,29,45H,10-11,13-15,18-20H2,1H3,(H,38,39);4-10,14-15,22,27,40H,11-13,16-18H2,1H3,(H,35,36)/t24-,29-;22-,27-/m00/s1. The molecule has 5 fully saturated rings. The minimum absolute atomic E-state index is 0.0373. The van der Waals surface area contributed by atoms with Gasteiger partial charge in [0.1, 0.15) is 30.3 Å². The number of nitrogens with one attached hydrogen (secondary N) is 2. The van der Waals surface area contributed by atoms with Crippen LogP contribution in [0.15, 0.2) is 141 Å². The Balaban J connectivity index is 0.000000176. The minimum atomic E-state index is -0.847. The average Bonchev–Trinajstić information content (AvgIpc) is 1.22. The van der Waals surface area contributed by atoms with E-state index in [0.717, 1.165) is 35.2 Å². The number of carbonyl (C=O) groups is 4. The molecule has 91 heavy (non-hydrogen) atoms. The third-order valence-corrected chi connectivity index (χ3v) is 18.9. The number of hydrogen-bond donors (Lipinski definition) is 4. The molecule has 26 heteroatoms. The van der Waals surface area contributed by atoms with Gasteiger partial charge in [-0.3, -0.25) is 24.7 Å². The van der Waals surface area contributed by atoms with Crippen molar-refractivity contribution in [2.45, 2.75) is 42.6 Å². The molecule has 1 saturated carbocycles. The third kappa shape index (κ3) is 13.6. The van der Waals surface area contributed by atoms with E-state index in [1.807, 2.05) is 69.1 Å². The minimum Gasteiger partial charge on any atom is -0.466 e. The van der Waals surface area contributed by atoms with E-state index in [4.69, 9.17) is 47.8 Å². The maximum absolute atomic E-state index is 14.0. The summed E-state index contributed by atoms with van der Waals surface area (Å²) in [6, 6.07) is 21.2. The molecule has 4 N–H and O–H groups in total. The fourth-order valence-corrected chi connectivity index (χ4v) is 13.7. The van der Waals surface area contributed by atoms with Crippen LogP contribution in [0, 0.1) is 35.3 Å². The van der Waals surface area contributed by atoms with Crippen molar-refractivity contribution < 1.29 is 47.6 Å². The van der Waals surface area contributed by atoms with Gasteiger partial charge >= 0.3 is 24.0 Å². The number of aliphatic hydroxyl groups is 2. The summed E-state index contributed by atoms with van der Waals surface area (Å²) in [5.74, 6) is 10.6. The molecule has 4 saturated heterocycles. The monoisotopic (exact) mass is 1310 g/mol. The molecule has 1 aliphatic carbocycles. The number of ether oxygens (including phenoxy) is 2. The van der Waals surface area contributed by atoms with Crippen LogP contribution in [0.4, 0.5) is 24.1 Å². The zero-order chi connectivity index (χ0) is 63.5. The number of carbonyl (C=O) groups excluding carboxylic acids is 4. The molecule has 7 aliphatic rings. The lowest BCUT2D eigenvalue weighted by Crippen LogP contribution is -2.53. The Bertz CT molecular complexity index is 4050. The van der Waals surface area contributed by atoms with Gasteiger partial charge < -0.3 is 45.0 Å². The van der Waals surface area contributed by atoms with Gasteiger partial charge in [0.05, 0.1) is 49.6 Å². The van der Waals surface area contributed by atoms with Gasteiger partial charge in [0, 0.05) is 138 Å². The second-order valence-electron chi connectivity index (χ2n) is 22.4. The summed E-state index contributed by atoms with van der Waals surface area (Å²) in [5, 5.41) is 31.1. The fraction of sp³-hybridized carbons (Fsp3) is 0.323. The molecular weight excluding hydrogens is 1250 g/mol. The lowest BCUT2D eigenvalue weighted by molar-refractivity contribution is -0.137. The highest BCUT2D eigenvalue weighted by Gasteiger charge is 2.45. The molecule has 0 unspecified atom stereocenters. The zero-order valence-electron chi connectivity index (χ0n) is 49.2. The van der Waals surface area contributed by atoms with Crippen molar-refractivity contribution in [2.75, 3.05) is 97.7 Å². The van der Waals surface area contributed by atoms with E-state index in [2.05, 4.69) is 54.1 Å². The molecule has 6 aromatic rings. The number of methoxy groups -OCH3 is 2. The van der Waals surface area contributed by atoms with Crippen molar-refractivity contribution in [1.29, 1.82) is 0 Å². The lowest BCUT2D eigenvalue weighted by atomic mass is 9.95. The zero-order valence-corrected chi connectivity index (χ0v) is 52.4. The van der Waals surface area contributed by atoms with Gasteiger partial charge in [-0.25, -0.2) is 37.9 Å². The van der Waals surface area contributed by atoms with Gasteiger partial charge in [-0.15, -0.1) is 22.7 Å². The number of benzene rings is 4. The lowest BCUT2D eigenvalue weighted by Gasteiger charge is -2.38. The number of aliphatic hydroxyl groups excluding tert-OH is 1. The van der Waals surface area contributed by atoms with Gasteiger partial charge in [0.15, 0.2) is 21.7 Å². The van der Waals surface area contributed by atoms with Crippen LogP contribution in [0.1, 0.15) is 62.8 Å². The molecule has 0 bridgehead atoms. The van der Waals surface area contributed by atoms with Crippen LogP contribution in [-0.4, -0.2) is 185 Å². The number of halogens is 4. The first kappa shape index (κ1) is 62.6. The normalized spacial score (nSPS) is 21.0. The van der Waals surface area contributed by atoms with E-state index in [0.29, 0.717) is 116 Å². The SMILES string of the molecule is COC(=O)C1=C(CN2CCN3C(=O)N(CC#Cc4ccc(C5(O)CC5)cc4)C[C@@H]3C2)NC(c2nccs2)=N[C@H]1c1ccc(F)cc1Cl.COC(=O)C1=C(CN2CCN3C(=O)N(c4ccc(C#CCO)cc4)C[C@@H]3C2)NC(c2nccs2)=N[C@H]1c1ccc(F)cc1Cl. The topological polar surface area (TPSA) is 221 Å². The van der Waals surface area contributed by atoms with E-state index in [-0.39, 0.29) is 51.9 Å². The summed E-state index contributed by atoms with van der Waals surface area (Å²) >= 11 is 15.7. The van der Waals surface area contributed by atoms with Crippen LogP contribution >= 0.6 is 45.9 Å².